The Bertz CT molecular complexity index is 656. The van der Waals surface area contributed by atoms with Gasteiger partial charge < -0.3 is 15.4 Å². The zero-order valence-electron chi connectivity index (χ0n) is 13.2. The average molecular weight is 332 g/mol. The van der Waals surface area contributed by atoms with Gasteiger partial charge in [0, 0.05) is 0 Å². The average Bonchev–Trinajstić information content (AvgIpc) is 3.06. The van der Waals surface area contributed by atoms with Gasteiger partial charge >= 0.3 is 0 Å². The molecule has 2 aromatic rings. The topological polar surface area (TPSA) is 67.4 Å². The molecular formula is C17H20N2O3S. The van der Waals surface area contributed by atoms with Crippen LogP contribution < -0.4 is 15.4 Å². The van der Waals surface area contributed by atoms with Crippen molar-refractivity contribution in [1.82, 2.24) is 10.6 Å². The Morgan fingerprint density at radius 1 is 1.26 bits per heavy atom. The van der Waals surface area contributed by atoms with Crippen molar-refractivity contribution in [2.45, 2.75) is 19.9 Å². The molecule has 2 amide bonds. The van der Waals surface area contributed by atoms with E-state index in [-0.39, 0.29) is 11.8 Å². The number of rotatable bonds is 7. The van der Waals surface area contributed by atoms with Crippen LogP contribution in [0.3, 0.4) is 0 Å². The van der Waals surface area contributed by atoms with E-state index in [2.05, 4.69) is 10.6 Å². The summed E-state index contributed by atoms with van der Waals surface area (Å²) in [5.41, 5.74) is 1.12. The molecule has 0 aliphatic carbocycles. The van der Waals surface area contributed by atoms with Crippen LogP contribution in [0.5, 0.6) is 5.75 Å². The quantitative estimate of drug-likeness (QED) is 0.765. The van der Waals surface area contributed by atoms with Crippen molar-refractivity contribution in [3.63, 3.8) is 0 Å². The predicted molar refractivity (Wildman–Crippen MR) is 90.9 cm³/mol. The van der Waals surface area contributed by atoms with E-state index in [0.29, 0.717) is 18.0 Å². The first kappa shape index (κ1) is 17.0. The SMILES string of the molecule is Cc1cccc(OCCNC(=O)C(C)NC(=O)c2cccs2)c1. The van der Waals surface area contributed by atoms with Gasteiger partial charge in [0.1, 0.15) is 18.4 Å². The molecule has 0 aliphatic heterocycles. The number of ether oxygens (including phenoxy) is 1. The van der Waals surface area contributed by atoms with Crippen LogP contribution in [0, 0.1) is 6.92 Å². The van der Waals surface area contributed by atoms with Gasteiger partial charge in [0.15, 0.2) is 0 Å². The molecule has 1 aromatic heterocycles. The first-order chi connectivity index (χ1) is 11.1. The van der Waals surface area contributed by atoms with Gasteiger partial charge in [-0.25, -0.2) is 0 Å². The largest absolute Gasteiger partial charge is 0.492 e. The molecule has 5 nitrogen and oxygen atoms in total. The lowest BCUT2D eigenvalue weighted by Gasteiger charge is -2.14. The van der Waals surface area contributed by atoms with E-state index in [1.165, 1.54) is 11.3 Å². The second kappa shape index (κ2) is 8.33. The summed E-state index contributed by atoms with van der Waals surface area (Å²) in [6, 6.07) is 10.7. The third-order valence-corrected chi connectivity index (χ3v) is 4.01. The molecule has 2 rings (SSSR count). The molecule has 0 saturated heterocycles. The van der Waals surface area contributed by atoms with Crippen LogP contribution in [0.2, 0.25) is 0 Å². The van der Waals surface area contributed by atoms with Crippen molar-refractivity contribution in [3.05, 3.63) is 52.2 Å². The fourth-order valence-electron chi connectivity index (χ4n) is 1.94. The van der Waals surface area contributed by atoms with Crippen LogP contribution in [0.4, 0.5) is 0 Å². The van der Waals surface area contributed by atoms with Crippen LogP contribution in [0.25, 0.3) is 0 Å². The van der Waals surface area contributed by atoms with Crippen molar-refractivity contribution in [2.24, 2.45) is 0 Å². The minimum Gasteiger partial charge on any atom is -0.492 e. The lowest BCUT2D eigenvalue weighted by atomic mass is 10.2. The highest BCUT2D eigenvalue weighted by Gasteiger charge is 2.16. The number of carbonyl (C=O) groups excluding carboxylic acids is 2. The number of benzene rings is 1. The molecule has 0 bridgehead atoms. The van der Waals surface area contributed by atoms with Gasteiger partial charge in [0.05, 0.1) is 11.4 Å². The first-order valence-electron chi connectivity index (χ1n) is 7.38. The number of thiophene rings is 1. The highest BCUT2D eigenvalue weighted by molar-refractivity contribution is 7.12. The van der Waals surface area contributed by atoms with E-state index in [1.54, 1.807) is 19.1 Å². The lowest BCUT2D eigenvalue weighted by Crippen LogP contribution is -2.45. The molecule has 1 aromatic carbocycles. The number of carbonyl (C=O) groups is 2. The Labute approximate surface area is 139 Å². The van der Waals surface area contributed by atoms with E-state index in [1.807, 2.05) is 36.6 Å². The van der Waals surface area contributed by atoms with Crippen molar-refractivity contribution in [3.8, 4) is 5.75 Å². The van der Waals surface area contributed by atoms with Crippen LogP contribution in [0.15, 0.2) is 41.8 Å². The molecule has 1 atom stereocenters. The van der Waals surface area contributed by atoms with Crippen molar-refractivity contribution < 1.29 is 14.3 Å². The van der Waals surface area contributed by atoms with Gasteiger partial charge in [-0.1, -0.05) is 18.2 Å². The highest BCUT2D eigenvalue weighted by Crippen LogP contribution is 2.11. The molecule has 1 unspecified atom stereocenters. The second-order valence-electron chi connectivity index (χ2n) is 5.13. The molecule has 0 radical (unpaired) electrons. The highest BCUT2D eigenvalue weighted by atomic mass is 32.1. The molecule has 23 heavy (non-hydrogen) atoms. The van der Waals surface area contributed by atoms with Crippen LogP contribution in [-0.2, 0) is 4.79 Å². The Balaban J connectivity index is 1.69. The summed E-state index contributed by atoms with van der Waals surface area (Å²) in [4.78, 5) is 24.4. The zero-order valence-corrected chi connectivity index (χ0v) is 14.0. The maximum Gasteiger partial charge on any atom is 0.261 e. The lowest BCUT2D eigenvalue weighted by molar-refractivity contribution is -0.122. The maximum atomic E-state index is 11.9. The second-order valence-corrected chi connectivity index (χ2v) is 6.08. The van der Waals surface area contributed by atoms with Gasteiger partial charge in [-0.3, -0.25) is 9.59 Å². The molecule has 122 valence electrons. The van der Waals surface area contributed by atoms with Gasteiger partial charge in [0.25, 0.3) is 5.91 Å². The summed E-state index contributed by atoms with van der Waals surface area (Å²) in [6.45, 7) is 4.40. The Morgan fingerprint density at radius 2 is 2.09 bits per heavy atom. The molecule has 0 aliphatic rings. The number of hydrogen-bond acceptors (Lipinski definition) is 4. The third-order valence-electron chi connectivity index (χ3n) is 3.15. The number of aryl methyl sites for hydroxylation is 1. The summed E-state index contributed by atoms with van der Waals surface area (Å²) >= 11 is 1.34. The van der Waals surface area contributed by atoms with E-state index in [0.717, 1.165) is 11.3 Å². The smallest absolute Gasteiger partial charge is 0.261 e. The number of nitrogens with one attached hydrogen (secondary N) is 2. The standard InChI is InChI=1S/C17H20N2O3S/c1-12-5-3-6-14(11-12)22-9-8-18-16(20)13(2)19-17(21)15-7-4-10-23-15/h3-7,10-11,13H,8-9H2,1-2H3,(H,18,20)(H,19,21). The number of amides is 2. The first-order valence-corrected chi connectivity index (χ1v) is 8.26. The van der Waals surface area contributed by atoms with Crippen molar-refractivity contribution >= 4 is 23.2 Å². The molecule has 2 N–H and O–H groups in total. The summed E-state index contributed by atoms with van der Waals surface area (Å²) in [5, 5.41) is 7.23. The van der Waals surface area contributed by atoms with E-state index < -0.39 is 6.04 Å². The third kappa shape index (κ3) is 5.41. The van der Waals surface area contributed by atoms with Gasteiger partial charge in [-0.2, -0.15) is 0 Å². The molecule has 0 saturated carbocycles. The molecule has 6 heteroatoms. The van der Waals surface area contributed by atoms with Gasteiger partial charge in [-0.05, 0) is 43.0 Å². The van der Waals surface area contributed by atoms with E-state index in [4.69, 9.17) is 4.74 Å². The maximum absolute atomic E-state index is 11.9. The van der Waals surface area contributed by atoms with Crippen LogP contribution in [0.1, 0.15) is 22.2 Å². The Morgan fingerprint density at radius 3 is 2.78 bits per heavy atom. The van der Waals surface area contributed by atoms with Crippen molar-refractivity contribution in [2.75, 3.05) is 13.2 Å². The monoisotopic (exact) mass is 332 g/mol. The van der Waals surface area contributed by atoms with Crippen molar-refractivity contribution in [1.29, 1.82) is 0 Å². The molecular weight excluding hydrogens is 312 g/mol. The molecule has 1 heterocycles. The summed E-state index contributed by atoms with van der Waals surface area (Å²) in [7, 11) is 0. The number of hydrogen-bond donors (Lipinski definition) is 2. The summed E-state index contributed by atoms with van der Waals surface area (Å²) in [5.74, 6) is 0.305. The summed E-state index contributed by atoms with van der Waals surface area (Å²) < 4.78 is 5.56. The predicted octanol–water partition coefficient (Wildman–Crippen LogP) is 2.37. The van der Waals surface area contributed by atoms with E-state index >= 15 is 0 Å². The summed E-state index contributed by atoms with van der Waals surface area (Å²) in [6.07, 6.45) is 0. The zero-order chi connectivity index (χ0) is 16.7. The Hall–Kier alpha value is -2.34. The fraction of sp³-hybridized carbons (Fsp3) is 0.294. The van der Waals surface area contributed by atoms with Crippen LogP contribution >= 0.6 is 11.3 Å². The normalized spacial score (nSPS) is 11.6. The minimum absolute atomic E-state index is 0.234. The fourth-order valence-corrected chi connectivity index (χ4v) is 2.57. The van der Waals surface area contributed by atoms with Gasteiger partial charge in [0.2, 0.25) is 5.91 Å². The van der Waals surface area contributed by atoms with E-state index in [9.17, 15) is 9.59 Å². The minimum atomic E-state index is -0.594. The van der Waals surface area contributed by atoms with Gasteiger partial charge in [-0.15, -0.1) is 11.3 Å². The molecule has 0 fully saturated rings. The molecule has 0 spiro atoms. The Kier molecular flexibility index (Phi) is 6.17. The van der Waals surface area contributed by atoms with Crippen LogP contribution in [-0.4, -0.2) is 31.0 Å².